The van der Waals surface area contributed by atoms with Gasteiger partial charge in [-0.2, -0.15) is 13.2 Å². The monoisotopic (exact) mass is 450 g/mol. The standard InChI is InChI=1S/C15H20N4O3S.C2HF3O2/c1-10(8-21-2)17-14(20)15-18-12-7-19(4-3-13(12)22-15)6-11-5-16-9-23-11;3-2(4,5)1(6)7/h5,9-10H,3-4,6-8H2,1-2H3,(H,17,20);(H,6,7)/t10-;/m0./s1. The van der Waals surface area contributed by atoms with Gasteiger partial charge in [-0.25, -0.2) is 9.78 Å². The van der Waals surface area contributed by atoms with Gasteiger partial charge < -0.3 is 19.6 Å². The normalized spacial score (nSPS) is 15.0. The molecule has 13 heteroatoms. The number of hydrogen-bond donors (Lipinski definition) is 2. The first kappa shape index (κ1) is 23.8. The van der Waals surface area contributed by atoms with Gasteiger partial charge in [0.2, 0.25) is 0 Å². The summed E-state index contributed by atoms with van der Waals surface area (Å²) in [5.41, 5.74) is 2.69. The van der Waals surface area contributed by atoms with E-state index in [1.807, 2.05) is 18.6 Å². The number of carboxylic acids is 1. The second kappa shape index (κ2) is 10.5. The second-order valence-corrected chi connectivity index (χ2v) is 7.42. The molecule has 166 valence electrons. The molecule has 2 N–H and O–H groups in total. The van der Waals surface area contributed by atoms with E-state index in [0.29, 0.717) is 13.2 Å². The molecule has 0 saturated heterocycles. The summed E-state index contributed by atoms with van der Waals surface area (Å²) < 4.78 is 42.4. The lowest BCUT2D eigenvalue weighted by atomic mass is 10.1. The molecule has 9 nitrogen and oxygen atoms in total. The summed E-state index contributed by atoms with van der Waals surface area (Å²) in [5, 5.41) is 9.94. The van der Waals surface area contributed by atoms with Gasteiger partial charge in [-0.05, 0) is 6.92 Å². The Labute approximate surface area is 173 Å². The van der Waals surface area contributed by atoms with Gasteiger partial charge in [0.1, 0.15) is 5.76 Å². The van der Waals surface area contributed by atoms with Crippen molar-refractivity contribution in [2.24, 2.45) is 0 Å². The Hall–Kier alpha value is -2.51. The highest BCUT2D eigenvalue weighted by Gasteiger charge is 2.38. The van der Waals surface area contributed by atoms with Crippen molar-refractivity contribution in [1.29, 1.82) is 0 Å². The van der Waals surface area contributed by atoms with Crippen LogP contribution < -0.4 is 5.32 Å². The van der Waals surface area contributed by atoms with E-state index in [4.69, 9.17) is 19.1 Å². The van der Waals surface area contributed by atoms with E-state index in [1.165, 1.54) is 4.88 Å². The lowest BCUT2D eigenvalue weighted by molar-refractivity contribution is -0.192. The largest absolute Gasteiger partial charge is 0.490 e. The van der Waals surface area contributed by atoms with Crippen molar-refractivity contribution >= 4 is 23.2 Å². The summed E-state index contributed by atoms with van der Waals surface area (Å²) in [7, 11) is 1.60. The molecule has 0 fully saturated rings. The summed E-state index contributed by atoms with van der Waals surface area (Å²) in [5.74, 6) is -2.10. The predicted octanol–water partition coefficient (Wildman–Crippen LogP) is 2.09. The van der Waals surface area contributed by atoms with Gasteiger partial charge in [-0.15, -0.1) is 11.3 Å². The molecule has 0 unspecified atom stereocenters. The fourth-order valence-corrected chi connectivity index (χ4v) is 3.24. The molecule has 0 radical (unpaired) electrons. The van der Waals surface area contributed by atoms with Crippen molar-refractivity contribution in [1.82, 2.24) is 20.2 Å². The quantitative estimate of drug-likeness (QED) is 0.687. The van der Waals surface area contributed by atoms with Gasteiger partial charge in [-0.3, -0.25) is 14.7 Å². The fraction of sp³-hybridized carbons (Fsp3) is 0.529. The number of aromatic nitrogens is 2. The molecule has 1 atom stereocenters. The van der Waals surface area contributed by atoms with Gasteiger partial charge in [0, 0.05) is 50.3 Å². The number of methoxy groups -OCH3 is 1. The first-order chi connectivity index (χ1) is 14.1. The van der Waals surface area contributed by atoms with E-state index in [-0.39, 0.29) is 17.8 Å². The SMILES string of the molecule is COC[C@H](C)NC(=O)c1nc2c(o1)CCN(Cc1cncs1)C2.O=C(O)C(F)(F)F. The molecule has 1 amide bonds. The maximum absolute atomic E-state index is 12.1. The number of ether oxygens (including phenoxy) is 1. The number of carboxylic acid groups (broad SMARTS) is 1. The maximum Gasteiger partial charge on any atom is 0.490 e. The maximum atomic E-state index is 12.1. The zero-order chi connectivity index (χ0) is 22.3. The molecule has 2 aromatic rings. The third-order valence-electron chi connectivity index (χ3n) is 3.90. The molecule has 3 rings (SSSR count). The van der Waals surface area contributed by atoms with Crippen LogP contribution in [0.4, 0.5) is 13.2 Å². The van der Waals surface area contributed by atoms with Crippen molar-refractivity contribution in [2.75, 3.05) is 20.3 Å². The third kappa shape index (κ3) is 7.07. The summed E-state index contributed by atoms with van der Waals surface area (Å²) >= 11 is 1.65. The molecular weight excluding hydrogens is 429 g/mol. The van der Waals surface area contributed by atoms with Crippen molar-refractivity contribution in [3.8, 4) is 0 Å². The van der Waals surface area contributed by atoms with E-state index in [2.05, 4.69) is 20.2 Å². The molecule has 0 aromatic carbocycles. The molecule has 0 aliphatic carbocycles. The van der Waals surface area contributed by atoms with Crippen molar-refractivity contribution in [3.05, 3.63) is 33.9 Å². The number of alkyl halides is 3. The first-order valence-corrected chi connectivity index (χ1v) is 9.66. The van der Waals surface area contributed by atoms with E-state index in [9.17, 15) is 18.0 Å². The number of aliphatic carboxylic acids is 1. The fourth-order valence-electron chi connectivity index (χ4n) is 2.60. The second-order valence-electron chi connectivity index (χ2n) is 6.45. The van der Waals surface area contributed by atoms with Gasteiger partial charge >= 0.3 is 18.1 Å². The number of oxazole rings is 1. The molecule has 1 aliphatic rings. The van der Waals surface area contributed by atoms with E-state index >= 15 is 0 Å². The van der Waals surface area contributed by atoms with Crippen LogP contribution in [0.1, 0.15) is 33.9 Å². The third-order valence-corrected chi connectivity index (χ3v) is 4.66. The summed E-state index contributed by atoms with van der Waals surface area (Å²) in [6.45, 7) is 4.76. The highest BCUT2D eigenvalue weighted by atomic mass is 32.1. The number of halogens is 3. The van der Waals surface area contributed by atoms with Crippen LogP contribution in [0.2, 0.25) is 0 Å². The van der Waals surface area contributed by atoms with Crippen LogP contribution >= 0.6 is 11.3 Å². The van der Waals surface area contributed by atoms with Crippen LogP contribution in [0.3, 0.4) is 0 Å². The molecular formula is C17H21F3N4O5S. The number of fused-ring (bicyclic) bond motifs is 1. The highest BCUT2D eigenvalue weighted by Crippen LogP contribution is 2.22. The number of rotatable bonds is 6. The molecule has 3 heterocycles. The Morgan fingerprint density at radius 3 is 2.73 bits per heavy atom. The Morgan fingerprint density at radius 2 is 2.17 bits per heavy atom. The van der Waals surface area contributed by atoms with Crippen molar-refractivity contribution in [3.63, 3.8) is 0 Å². The average Bonchev–Trinajstić information content (AvgIpc) is 3.30. The van der Waals surface area contributed by atoms with Gasteiger partial charge in [0.15, 0.2) is 0 Å². The lowest BCUT2D eigenvalue weighted by Gasteiger charge is -2.24. The first-order valence-electron chi connectivity index (χ1n) is 8.78. The van der Waals surface area contributed by atoms with Crippen LogP contribution in [0, 0.1) is 0 Å². The molecule has 0 spiro atoms. The minimum Gasteiger partial charge on any atom is -0.475 e. The summed E-state index contributed by atoms with van der Waals surface area (Å²) in [4.78, 5) is 33.0. The van der Waals surface area contributed by atoms with Crippen LogP contribution in [-0.4, -0.2) is 64.3 Å². The van der Waals surface area contributed by atoms with Gasteiger partial charge in [0.05, 0.1) is 17.8 Å². The van der Waals surface area contributed by atoms with E-state index in [1.54, 1.807) is 18.4 Å². The number of carbonyl (C=O) groups is 2. The Balaban J connectivity index is 0.000000396. The summed E-state index contributed by atoms with van der Waals surface area (Å²) in [6, 6.07) is -0.0840. The topological polar surface area (TPSA) is 118 Å². The molecule has 1 aliphatic heterocycles. The van der Waals surface area contributed by atoms with Crippen LogP contribution in [0.25, 0.3) is 0 Å². The van der Waals surface area contributed by atoms with Gasteiger partial charge in [-0.1, -0.05) is 0 Å². The van der Waals surface area contributed by atoms with Crippen LogP contribution in [0.5, 0.6) is 0 Å². The number of thiazole rings is 1. The predicted molar refractivity (Wildman–Crippen MR) is 98.9 cm³/mol. The van der Waals surface area contributed by atoms with E-state index in [0.717, 1.165) is 31.0 Å². The zero-order valence-corrected chi connectivity index (χ0v) is 17.0. The molecule has 0 bridgehead atoms. The molecule has 30 heavy (non-hydrogen) atoms. The average molecular weight is 450 g/mol. The minimum atomic E-state index is -5.08. The van der Waals surface area contributed by atoms with Crippen molar-refractivity contribution < 1.29 is 37.0 Å². The number of carbonyl (C=O) groups excluding carboxylic acids is 1. The number of amides is 1. The number of nitrogens with one attached hydrogen (secondary N) is 1. The van der Waals surface area contributed by atoms with Crippen LogP contribution in [-0.2, 0) is 29.0 Å². The lowest BCUT2D eigenvalue weighted by Crippen LogP contribution is -2.35. The van der Waals surface area contributed by atoms with E-state index < -0.39 is 12.1 Å². The van der Waals surface area contributed by atoms with Gasteiger partial charge in [0.25, 0.3) is 5.89 Å². The smallest absolute Gasteiger partial charge is 0.475 e. The molecule has 0 saturated carbocycles. The van der Waals surface area contributed by atoms with Crippen molar-refractivity contribution in [2.45, 2.75) is 38.7 Å². The summed E-state index contributed by atoms with van der Waals surface area (Å²) in [6.07, 6.45) is -2.43. The Bertz CT molecular complexity index is 841. The Morgan fingerprint density at radius 1 is 1.47 bits per heavy atom. The number of nitrogens with zero attached hydrogens (tertiary/aromatic N) is 3. The minimum absolute atomic E-state index is 0.0840. The molecule has 2 aromatic heterocycles. The van der Waals surface area contributed by atoms with Crippen LogP contribution in [0.15, 0.2) is 16.1 Å². The number of hydrogen-bond acceptors (Lipinski definition) is 8. The zero-order valence-electron chi connectivity index (χ0n) is 16.2. The Kier molecular flexibility index (Phi) is 8.32. The highest BCUT2D eigenvalue weighted by molar-refractivity contribution is 7.09.